The van der Waals surface area contributed by atoms with Crippen LogP contribution < -0.4 is 16.2 Å². The fraction of sp³-hybridized carbons (Fsp3) is 0.333. The smallest absolute Gasteiger partial charge is 0.243 e. The zero-order chi connectivity index (χ0) is 23.3. The van der Waals surface area contributed by atoms with Crippen LogP contribution in [0.2, 0.25) is 0 Å². The maximum Gasteiger partial charge on any atom is 0.243 e. The van der Waals surface area contributed by atoms with E-state index in [-0.39, 0.29) is 23.7 Å². The van der Waals surface area contributed by atoms with Crippen molar-refractivity contribution in [2.45, 2.75) is 24.7 Å². The van der Waals surface area contributed by atoms with E-state index in [1.165, 1.54) is 16.4 Å². The lowest BCUT2D eigenvalue weighted by molar-refractivity contribution is -0.127. The Bertz CT molecular complexity index is 1090. The standard InChI is InChI=1S/C21H24F2N4O4S/c1-14-4-7-17(8-5-14)32(30,31)27-10-2-3-15(13-27)21(29)26-24-12-20(28)25-19-11-16(22)6-9-18(19)23/h4-9,11,15,24H,2-3,10,12-13H2,1H3,(H,25,28)(H,26,29)/t15-/m0/s1. The first kappa shape index (κ1) is 23.8. The summed E-state index contributed by atoms with van der Waals surface area (Å²) in [6.07, 6.45) is 1.01. The van der Waals surface area contributed by atoms with Gasteiger partial charge in [-0.1, -0.05) is 17.7 Å². The topological polar surface area (TPSA) is 108 Å². The Morgan fingerprint density at radius 1 is 1.12 bits per heavy atom. The summed E-state index contributed by atoms with van der Waals surface area (Å²) in [6.45, 7) is 1.80. The average Bonchev–Trinajstić information content (AvgIpc) is 2.76. The molecule has 1 atom stereocenters. The number of halogens is 2. The Morgan fingerprint density at radius 2 is 1.84 bits per heavy atom. The van der Waals surface area contributed by atoms with Gasteiger partial charge < -0.3 is 5.32 Å². The maximum absolute atomic E-state index is 13.6. The molecule has 0 spiro atoms. The molecular weight excluding hydrogens is 442 g/mol. The van der Waals surface area contributed by atoms with Crippen molar-refractivity contribution in [3.8, 4) is 0 Å². The lowest BCUT2D eigenvalue weighted by Crippen LogP contribution is -2.49. The van der Waals surface area contributed by atoms with Crippen molar-refractivity contribution in [3.05, 3.63) is 59.7 Å². The molecule has 3 rings (SSSR count). The van der Waals surface area contributed by atoms with Gasteiger partial charge in [-0.15, -0.1) is 0 Å². The van der Waals surface area contributed by atoms with Gasteiger partial charge in [0.05, 0.1) is 23.0 Å². The fourth-order valence-electron chi connectivity index (χ4n) is 3.34. The van der Waals surface area contributed by atoms with Gasteiger partial charge in [0.15, 0.2) is 0 Å². The van der Waals surface area contributed by atoms with Gasteiger partial charge in [0.25, 0.3) is 0 Å². The second-order valence-corrected chi connectivity index (χ2v) is 9.47. The summed E-state index contributed by atoms with van der Waals surface area (Å²) in [4.78, 5) is 24.5. The van der Waals surface area contributed by atoms with E-state index in [2.05, 4.69) is 16.2 Å². The molecular formula is C21H24F2N4O4S. The van der Waals surface area contributed by atoms with Crippen LogP contribution in [0, 0.1) is 24.5 Å². The minimum Gasteiger partial charge on any atom is -0.322 e. The molecule has 0 aromatic heterocycles. The van der Waals surface area contributed by atoms with Crippen molar-refractivity contribution in [1.82, 2.24) is 15.2 Å². The van der Waals surface area contributed by atoms with Crippen LogP contribution in [0.5, 0.6) is 0 Å². The molecule has 1 fully saturated rings. The monoisotopic (exact) mass is 466 g/mol. The van der Waals surface area contributed by atoms with Gasteiger partial charge in [0.2, 0.25) is 21.8 Å². The molecule has 1 saturated heterocycles. The zero-order valence-corrected chi connectivity index (χ0v) is 18.2. The van der Waals surface area contributed by atoms with Gasteiger partial charge in [0.1, 0.15) is 11.6 Å². The Hall–Kier alpha value is -2.89. The van der Waals surface area contributed by atoms with Crippen molar-refractivity contribution < 1.29 is 26.8 Å². The van der Waals surface area contributed by atoms with E-state index in [1.807, 2.05) is 6.92 Å². The number of nitrogens with zero attached hydrogens (tertiary/aromatic N) is 1. The minimum absolute atomic E-state index is 0.0183. The molecule has 3 N–H and O–H groups in total. The number of carbonyl (C=O) groups is 2. The second kappa shape index (κ2) is 10.2. The van der Waals surface area contributed by atoms with E-state index in [0.717, 1.165) is 23.8 Å². The van der Waals surface area contributed by atoms with Crippen LogP contribution in [0.25, 0.3) is 0 Å². The van der Waals surface area contributed by atoms with Crippen molar-refractivity contribution in [3.63, 3.8) is 0 Å². The summed E-state index contributed by atoms with van der Waals surface area (Å²) in [5.41, 5.74) is 5.43. The molecule has 1 aliphatic heterocycles. The number of nitrogens with one attached hydrogen (secondary N) is 3. The van der Waals surface area contributed by atoms with Gasteiger partial charge in [-0.05, 0) is 44.0 Å². The molecule has 2 aromatic carbocycles. The fourth-order valence-corrected chi connectivity index (χ4v) is 4.86. The number of benzene rings is 2. The first-order chi connectivity index (χ1) is 15.2. The Kier molecular flexibility index (Phi) is 7.54. The third kappa shape index (κ3) is 5.87. The quantitative estimate of drug-likeness (QED) is 0.541. The van der Waals surface area contributed by atoms with Gasteiger partial charge in [0, 0.05) is 19.2 Å². The molecule has 0 unspecified atom stereocenters. The highest BCUT2D eigenvalue weighted by atomic mass is 32.2. The number of sulfonamides is 1. The zero-order valence-electron chi connectivity index (χ0n) is 17.4. The molecule has 0 radical (unpaired) electrons. The average molecular weight is 467 g/mol. The van der Waals surface area contributed by atoms with Crippen LogP contribution >= 0.6 is 0 Å². The SMILES string of the molecule is Cc1ccc(S(=O)(=O)N2CCC[C@H](C(=O)NNCC(=O)Nc3cc(F)ccc3F)C2)cc1. The molecule has 2 amide bonds. The van der Waals surface area contributed by atoms with Gasteiger partial charge in [-0.25, -0.2) is 22.6 Å². The lowest BCUT2D eigenvalue weighted by Gasteiger charge is -2.31. The third-order valence-corrected chi connectivity index (χ3v) is 6.96. The highest BCUT2D eigenvalue weighted by molar-refractivity contribution is 7.89. The second-order valence-electron chi connectivity index (χ2n) is 7.53. The molecule has 1 heterocycles. The molecule has 32 heavy (non-hydrogen) atoms. The Balaban J connectivity index is 1.51. The summed E-state index contributed by atoms with van der Waals surface area (Å²) < 4.78 is 53.7. The Morgan fingerprint density at radius 3 is 2.56 bits per heavy atom. The summed E-state index contributed by atoms with van der Waals surface area (Å²) >= 11 is 0. The lowest BCUT2D eigenvalue weighted by atomic mass is 9.99. The number of hydrazine groups is 1. The van der Waals surface area contributed by atoms with Crippen LogP contribution in [0.1, 0.15) is 18.4 Å². The van der Waals surface area contributed by atoms with E-state index in [1.54, 1.807) is 12.1 Å². The number of aryl methyl sites for hydroxylation is 1. The molecule has 0 bridgehead atoms. The van der Waals surface area contributed by atoms with Crippen LogP contribution in [0.4, 0.5) is 14.5 Å². The van der Waals surface area contributed by atoms with Gasteiger partial charge in [-0.2, -0.15) is 4.31 Å². The molecule has 0 aliphatic carbocycles. The van der Waals surface area contributed by atoms with Gasteiger partial charge in [-0.3, -0.25) is 15.0 Å². The normalized spacial score (nSPS) is 17.0. The van der Waals surface area contributed by atoms with Crippen LogP contribution in [-0.2, 0) is 19.6 Å². The van der Waals surface area contributed by atoms with Crippen LogP contribution in [-0.4, -0.2) is 44.2 Å². The first-order valence-electron chi connectivity index (χ1n) is 10.0. The van der Waals surface area contributed by atoms with Crippen molar-refractivity contribution >= 4 is 27.5 Å². The van der Waals surface area contributed by atoms with E-state index in [0.29, 0.717) is 19.4 Å². The number of hydrogen-bond donors (Lipinski definition) is 3. The van der Waals surface area contributed by atoms with E-state index in [9.17, 15) is 26.8 Å². The van der Waals surface area contributed by atoms with E-state index >= 15 is 0 Å². The molecule has 11 heteroatoms. The highest BCUT2D eigenvalue weighted by Gasteiger charge is 2.33. The first-order valence-corrected chi connectivity index (χ1v) is 11.5. The van der Waals surface area contributed by atoms with E-state index < -0.39 is 39.4 Å². The number of amides is 2. The number of carbonyl (C=O) groups excluding carboxylic acids is 2. The molecule has 1 aliphatic rings. The molecule has 2 aromatic rings. The Labute approximate surface area is 185 Å². The predicted octanol–water partition coefficient (Wildman–Crippen LogP) is 1.93. The molecule has 172 valence electrons. The van der Waals surface area contributed by atoms with Crippen molar-refractivity contribution in [2.75, 3.05) is 25.0 Å². The summed E-state index contributed by atoms with van der Waals surface area (Å²) in [5, 5.41) is 2.20. The summed E-state index contributed by atoms with van der Waals surface area (Å²) in [7, 11) is -3.72. The van der Waals surface area contributed by atoms with Crippen molar-refractivity contribution in [1.29, 1.82) is 0 Å². The molecule has 8 nitrogen and oxygen atoms in total. The maximum atomic E-state index is 13.6. The minimum atomic E-state index is -3.72. The summed E-state index contributed by atoms with van der Waals surface area (Å²) in [5.74, 6) is -3.24. The van der Waals surface area contributed by atoms with Gasteiger partial charge >= 0.3 is 0 Å². The number of rotatable bonds is 7. The summed E-state index contributed by atoms with van der Waals surface area (Å²) in [6, 6.07) is 9.16. The largest absolute Gasteiger partial charge is 0.322 e. The van der Waals surface area contributed by atoms with E-state index in [4.69, 9.17) is 0 Å². The highest BCUT2D eigenvalue weighted by Crippen LogP contribution is 2.24. The third-order valence-electron chi connectivity index (χ3n) is 5.08. The number of piperidine rings is 1. The number of hydrogen-bond acceptors (Lipinski definition) is 5. The predicted molar refractivity (Wildman–Crippen MR) is 114 cm³/mol. The van der Waals surface area contributed by atoms with Crippen LogP contribution in [0.15, 0.2) is 47.4 Å². The van der Waals surface area contributed by atoms with Crippen LogP contribution in [0.3, 0.4) is 0 Å². The van der Waals surface area contributed by atoms with Crippen molar-refractivity contribution in [2.24, 2.45) is 5.92 Å². The molecule has 0 saturated carbocycles. The number of anilines is 1.